The molecule has 0 radical (unpaired) electrons. The van der Waals surface area contributed by atoms with Crippen LogP contribution < -0.4 is 0 Å². The van der Waals surface area contributed by atoms with Gasteiger partial charge in [-0.05, 0) is 40.0 Å². The van der Waals surface area contributed by atoms with Crippen molar-refractivity contribution < 1.29 is 14.6 Å². The van der Waals surface area contributed by atoms with Gasteiger partial charge in [-0.1, -0.05) is 0 Å². The van der Waals surface area contributed by atoms with E-state index < -0.39 is 0 Å². The van der Waals surface area contributed by atoms with E-state index in [1.807, 2.05) is 20.8 Å². The molecular weight excluding hydrogens is 194 g/mol. The van der Waals surface area contributed by atoms with Gasteiger partial charge < -0.3 is 14.7 Å². The molecule has 0 aromatic heterocycles. The lowest BCUT2D eigenvalue weighted by molar-refractivity contribution is 0.0216. The molecule has 90 valence electrons. The number of hydrogen-bond donors (Lipinski definition) is 1. The number of ether oxygens (including phenoxy) is 1. The topological polar surface area (TPSA) is 49.8 Å². The van der Waals surface area contributed by atoms with E-state index >= 15 is 0 Å². The number of piperidine rings is 1. The molecule has 0 aliphatic carbocycles. The van der Waals surface area contributed by atoms with Crippen LogP contribution in [0.4, 0.5) is 4.79 Å². The van der Waals surface area contributed by atoms with E-state index in [1.165, 1.54) is 6.42 Å². The number of nitrogens with zero attached hydrogens (tertiary/aromatic N) is 1. The minimum absolute atomic E-state index is 0.160. The van der Waals surface area contributed by atoms with Gasteiger partial charge in [-0.3, -0.25) is 0 Å². The van der Waals surface area contributed by atoms with Gasteiger partial charge in [0.2, 0.25) is 0 Å². The molecule has 0 aromatic carbocycles. The monoisotopic (exact) mass is 217 g/mol. The van der Waals surface area contributed by atoms with E-state index in [9.17, 15) is 4.79 Å². The van der Waals surface area contributed by atoms with E-state index in [1.54, 1.807) is 4.90 Å². The summed E-state index contributed by atoms with van der Waals surface area (Å²) in [4.78, 5) is 13.3. The first-order valence-electron chi connectivity index (χ1n) is 5.42. The summed E-state index contributed by atoms with van der Waals surface area (Å²) in [5.74, 6) is 0. The van der Waals surface area contributed by atoms with Crippen LogP contribution in [0.15, 0.2) is 0 Å². The number of likely N-dealkylation sites (tertiary alicyclic amines) is 1. The molecule has 1 aliphatic heterocycles. The van der Waals surface area contributed by atoms with Gasteiger partial charge in [0.1, 0.15) is 5.60 Å². The Morgan fingerprint density at radius 1 is 1.13 bits per heavy atom. The number of amides is 1. The molecule has 0 unspecified atom stereocenters. The molecule has 4 nitrogen and oxygen atoms in total. The summed E-state index contributed by atoms with van der Waals surface area (Å²) in [5.41, 5.74) is -0.367. The SMILES string of the molecule is CC(C)(C)OC(=O)N1CCCCC1.CO. The third kappa shape index (κ3) is 6.33. The van der Waals surface area contributed by atoms with Crippen LogP contribution in [0, 0.1) is 0 Å². The Kier molecular flexibility index (Phi) is 6.32. The maximum Gasteiger partial charge on any atom is 0.410 e. The molecule has 1 aliphatic rings. The van der Waals surface area contributed by atoms with Gasteiger partial charge in [-0.2, -0.15) is 0 Å². The summed E-state index contributed by atoms with van der Waals surface area (Å²) in [6.45, 7) is 7.41. The van der Waals surface area contributed by atoms with Crippen molar-refractivity contribution in [1.82, 2.24) is 4.90 Å². The van der Waals surface area contributed by atoms with Crippen molar-refractivity contribution in [1.29, 1.82) is 0 Å². The van der Waals surface area contributed by atoms with Crippen molar-refractivity contribution in [3.05, 3.63) is 0 Å². The first-order valence-corrected chi connectivity index (χ1v) is 5.42. The largest absolute Gasteiger partial charge is 0.444 e. The zero-order valence-electron chi connectivity index (χ0n) is 10.2. The van der Waals surface area contributed by atoms with E-state index in [4.69, 9.17) is 9.84 Å². The van der Waals surface area contributed by atoms with Gasteiger partial charge in [0, 0.05) is 20.2 Å². The molecule has 0 atom stereocenters. The van der Waals surface area contributed by atoms with Crippen molar-refractivity contribution >= 4 is 6.09 Å². The van der Waals surface area contributed by atoms with Crippen LogP contribution in [0.3, 0.4) is 0 Å². The molecule has 1 rings (SSSR count). The summed E-state index contributed by atoms with van der Waals surface area (Å²) in [6, 6.07) is 0. The standard InChI is InChI=1S/C10H19NO2.CH4O/c1-10(2,3)13-9(12)11-7-5-4-6-8-11;1-2/h4-8H2,1-3H3;2H,1H3. The Labute approximate surface area is 92.2 Å². The Morgan fingerprint density at radius 3 is 2.00 bits per heavy atom. The van der Waals surface area contributed by atoms with Gasteiger partial charge in [-0.15, -0.1) is 0 Å². The number of carbonyl (C=O) groups is 1. The van der Waals surface area contributed by atoms with Crippen LogP contribution in [0.25, 0.3) is 0 Å². The quantitative estimate of drug-likeness (QED) is 0.675. The number of rotatable bonds is 0. The lowest BCUT2D eigenvalue weighted by Crippen LogP contribution is -2.39. The molecule has 15 heavy (non-hydrogen) atoms. The zero-order chi connectivity index (χ0) is 11.9. The first-order chi connectivity index (χ1) is 6.99. The van der Waals surface area contributed by atoms with Crippen LogP contribution in [-0.2, 0) is 4.74 Å². The van der Waals surface area contributed by atoms with Gasteiger partial charge in [-0.25, -0.2) is 4.79 Å². The highest BCUT2D eigenvalue weighted by atomic mass is 16.6. The fraction of sp³-hybridized carbons (Fsp3) is 0.909. The third-order valence-corrected chi connectivity index (χ3v) is 2.01. The zero-order valence-corrected chi connectivity index (χ0v) is 10.2. The van der Waals surface area contributed by atoms with E-state index in [-0.39, 0.29) is 11.7 Å². The van der Waals surface area contributed by atoms with Crippen molar-refractivity contribution in [2.24, 2.45) is 0 Å². The molecule has 1 saturated heterocycles. The molecule has 0 bridgehead atoms. The third-order valence-electron chi connectivity index (χ3n) is 2.01. The van der Waals surface area contributed by atoms with Crippen molar-refractivity contribution in [3.8, 4) is 0 Å². The average molecular weight is 217 g/mol. The Hall–Kier alpha value is -0.770. The summed E-state index contributed by atoms with van der Waals surface area (Å²) >= 11 is 0. The maximum absolute atomic E-state index is 11.5. The normalized spacial score (nSPS) is 16.5. The number of aliphatic hydroxyl groups is 1. The highest BCUT2D eigenvalue weighted by Crippen LogP contribution is 2.14. The lowest BCUT2D eigenvalue weighted by atomic mass is 10.1. The fourth-order valence-corrected chi connectivity index (χ4v) is 1.40. The first kappa shape index (κ1) is 14.2. The van der Waals surface area contributed by atoms with Gasteiger partial charge in [0.15, 0.2) is 0 Å². The second-order valence-corrected chi connectivity index (χ2v) is 4.53. The summed E-state index contributed by atoms with van der Waals surface area (Å²) < 4.78 is 5.26. The minimum Gasteiger partial charge on any atom is -0.444 e. The van der Waals surface area contributed by atoms with Gasteiger partial charge in [0.25, 0.3) is 0 Å². The highest BCUT2D eigenvalue weighted by Gasteiger charge is 2.22. The van der Waals surface area contributed by atoms with Crippen LogP contribution in [0.1, 0.15) is 40.0 Å². The maximum atomic E-state index is 11.5. The predicted molar refractivity (Wildman–Crippen MR) is 59.8 cm³/mol. The molecule has 0 spiro atoms. The Balaban J connectivity index is 0.000000921. The molecule has 0 aromatic rings. The second-order valence-electron chi connectivity index (χ2n) is 4.53. The summed E-state index contributed by atoms with van der Waals surface area (Å²) in [6.07, 6.45) is 3.30. The number of hydrogen-bond acceptors (Lipinski definition) is 3. The molecule has 1 heterocycles. The number of carbonyl (C=O) groups excluding carboxylic acids is 1. The predicted octanol–water partition coefficient (Wildman–Crippen LogP) is 2.02. The van der Waals surface area contributed by atoms with Gasteiger partial charge in [0.05, 0.1) is 0 Å². The summed E-state index contributed by atoms with van der Waals surface area (Å²) in [7, 11) is 1.00. The fourth-order valence-electron chi connectivity index (χ4n) is 1.40. The van der Waals surface area contributed by atoms with Crippen LogP contribution in [0.5, 0.6) is 0 Å². The molecular formula is C11H23NO3. The average Bonchev–Trinajstić information content (AvgIpc) is 2.20. The van der Waals surface area contributed by atoms with Crippen LogP contribution >= 0.6 is 0 Å². The highest BCUT2D eigenvalue weighted by molar-refractivity contribution is 5.68. The molecule has 1 N–H and O–H groups in total. The van der Waals surface area contributed by atoms with Crippen molar-refractivity contribution in [2.75, 3.05) is 20.2 Å². The van der Waals surface area contributed by atoms with E-state index in [0.717, 1.165) is 33.0 Å². The van der Waals surface area contributed by atoms with Crippen LogP contribution in [-0.4, -0.2) is 41.9 Å². The van der Waals surface area contributed by atoms with E-state index in [0.29, 0.717) is 0 Å². The molecule has 1 amide bonds. The second kappa shape index (κ2) is 6.67. The van der Waals surface area contributed by atoms with E-state index in [2.05, 4.69) is 0 Å². The van der Waals surface area contributed by atoms with Gasteiger partial charge >= 0.3 is 6.09 Å². The summed E-state index contributed by atoms with van der Waals surface area (Å²) in [5, 5.41) is 7.00. The molecule has 1 fully saturated rings. The lowest BCUT2D eigenvalue weighted by Gasteiger charge is -2.29. The molecule has 4 heteroatoms. The van der Waals surface area contributed by atoms with Crippen molar-refractivity contribution in [2.45, 2.75) is 45.6 Å². The Bertz CT molecular complexity index is 181. The Morgan fingerprint density at radius 2 is 1.60 bits per heavy atom. The smallest absolute Gasteiger partial charge is 0.410 e. The van der Waals surface area contributed by atoms with Crippen molar-refractivity contribution in [3.63, 3.8) is 0 Å². The van der Waals surface area contributed by atoms with Crippen LogP contribution in [0.2, 0.25) is 0 Å². The molecule has 0 saturated carbocycles. The minimum atomic E-state index is -0.367. The number of aliphatic hydroxyl groups excluding tert-OH is 1.